The molecule has 32 heavy (non-hydrogen) atoms. The molecule has 1 aliphatic heterocycles. The van der Waals surface area contributed by atoms with Gasteiger partial charge >= 0.3 is 0 Å². The topological polar surface area (TPSA) is 90.5 Å². The second-order valence-corrected chi connectivity index (χ2v) is 8.35. The molecule has 3 rings (SSSR count). The summed E-state index contributed by atoms with van der Waals surface area (Å²) in [6.07, 6.45) is 2.39. The monoisotopic (exact) mass is 436 g/mol. The number of carbonyl (C=O) groups is 3. The minimum Gasteiger partial charge on any atom is -0.376 e. The quantitative estimate of drug-likeness (QED) is 0.582. The molecule has 2 aromatic rings. The van der Waals surface area contributed by atoms with Crippen molar-refractivity contribution < 1.29 is 14.4 Å². The van der Waals surface area contributed by atoms with Crippen molar-refractivity contribution in [3.05, 3.63) is 65.2 Å². The molecule has 0 bridgehead atoms. The van der Waals surface area contributed by atoms with Crippen molar-refractivity contribution in [1.29, 1.82) is 0 Å². The Labute approximate surface area is 189 Å². The van der Waals surface area contributed by atoms with Crippen molar-refractivity contribution in [2.45, 2.75) is 39.5 Å². The van der Waals surface area contributed by atoms with E-state index in [2.05, 4.69) is 16.2 Å². The third kappa shape index (κ3) is 6.83. The second kappa shape index (κ2) is 11.3. The molecular formula is C25H32N4O3. The fourth-order valence-electron chi connectivity index (χ4n) is 3.91. The van der Waals surface area contributed by atoms with Crippen LogP contribution in [-0.2, 0) is 20.8 Å². The lowest BCUT2D eigenvalue weighted by molar-refractivity contribution is -0.136. The van der Waals surface area contributed by atoms with Crippen molar-refractivity contribution in [3.8, 4) is 0 Å². The van der Waals surface area contributed by atoms with Crippen LogP contribution in [0, 0.1) is 19.8 Å². The summed E-state index contributed by atoms with van der Waals surface area (Å²) in [7, 11) is 0. The van der Waals surface area contributed by atoms with Crippen molar-refractivity contribution >= 4 is 23.4 Å². The Balaban J connectivity index is 1.34. The number of rotatable bonds is 7. The number of aryl methyl sites for hydroxylation is 3. The molecule has 0 radical (unpaired) electrons. The van der Waals surface area contributed by atoms with Crippen LogP contribution in [0.4, 0.5) is 5.69 Å². The minimum atomic E-state index is -0.313. The van der Waals surface area contributed by atoms with Crippen LogP contribution in [0.2, 0.25) is 0 Å². The summed E-state index contributed by atoms with van der Waals surface area (Å²) in [5.41, 5.74) is 9.26. The molecule has 0 spiro atoms. The molecule has 0 saturated carbocycles. The van der Waals surface area contributed by atoms with E-state index in [0.29, 0.717) is 32.4 Å². The Morgan fingerprint density at radius 3 is 2.38 bits per heavy atom. The van der Waals surface area contributed by atoms with Crippen LogP contribution in [-0.4, -0.2) is 42.3 Å². The molecule has 3 N–H and O–H groups in total. The summed E-state index contributed by atoms with van der Waals surface area (Å²) >= 11 is 0. The molecule has 3 amide bonds. The van der Waals surface area contributed by atoms with E-state index in [1.54, 1.807) is 0 Å². The van der Waals surface area contributed by atoms with E-state index in [4.69, 9.17) is 0 Å². The maximum Gasteiger partial charge on any atom is 0.257 e. The number of nitrogens with one attached hydrogen (secondary N) is 3. The molecule has 0 atom stereocenters. The number of hydrogen-bond acceptors (Lipinski definition) is 4. The third-order valence-corrected chi connectivity index (χ3v) is 5.84. The average Bonchev–Trinajstić information content (AvgIpc) is 2.81. The zero-order valence-corrected chi connectivity index (χ0v) is 18.8. The second-order valence-electron chi connectivity index (χ2n) is 8.35. The van der Waals surface area contributed by atoms with Gasteiger partial charge in [-0.3, -0.25) is 25.2 Å². The number of hydrogen-bond donors (Lipinski definition) is 3. The van der Waals surface area contributed by atoms with Crippen LogP contribution in [0.1, 0.15) is 36.0 Å². The number of anilines is 1. The average molecular weight is 437 g/mol. The van der Waals surface area contributed by atoms with E-state index in [0.717, 1.165) is 28.8 Å². The van der Waals surface area contributed by atoms with Crippen LogP contribution in [0.25, 0.3) is 0 Å². The number of amides is 3. The first-order valence-electron chi connectivity index (χ1n) is 11.1. The van der Waals surface area contributed by atoms with Crippen molar-refractivity contribution in [3.63, 3.8) is 0 Å². The Bertz CT molecular complexity index is 937. The molecule has 7 nitrogen and oxygen atoms in total. The lowest BCUT2D eigenvalue weighted by atomic mass is 9.95. The van der Waals surface area contributed by atoms with Crippen molar-refractivity contribution in [2.75, 3.05) is 25.0 Å². The van der Waals surface area contributed by atoms with Crippen molar-refractivity contribution in [1.82, 2.24) is 15.8 Å². The molecule has 0 unspecified atom stereocenters. The van der Waals surface area contributed by atoms with Gasteiger partial charge in [0.05, 0.1) is 6.54 Å². The van der Waals surface area contributed by atoms with E-state index >= 15 is 0 Å². The molecule has 1 heterocycles. The van der Waals surface area contributed by atoms with Gasteiger partial charge in [0.15, 0.2) is 0 Å². The summed E-state index contributed by atoms with van der Waals surface area (Å²) in [5.74, 6) is -0.604. The highest BCUT2D eigenvalue weighted by Crippen LogP contribution is 2.18. The normalized spacial score (nSPS) is 14.0. The molecule has 1 fully saturated rings. The fourth-order valence-corrected chi connectivity index (χ4v) is 3.91. The fraction of sp³-hybridized carbons (Fsp3) is 0.400. The van der Waals surface area contributed by atoms with Gasteiger partial charge in [-0.1, -0.05) is 48.0 Å². The SMILES string of the molecule is Cc1ccc(NCC(=O)NNC(=O)C2CCN(C(=O)CCc3ccccc3)CC2)c(C)c1. The van der Waals surface area contributed by atoms with Crippen molar-refractivity contribution in [2.24, 2.45) is 5.92 Å². The Hall–Kier alpha value is -3.35. The molecule has 1 saturated heterocycles. The lowest BCUT2D eigenvalue weighted by Crippen LogP contribution is -2.49. The third-order valence-electron chi connectivity index (χ3n) is 5.84. The Kier molecular flexibility index (Phi) is 8.25. The maximum absolute atomic E-state index is 12.5. The minimum absolute atomic E-state index is 0.0680. The molecule has 0 aromatic heterocycles. The highest BCUT2D eigenvalue weighted by molar-refractivity contribution is 5.85. The molecular weight excluding hydrogens is 404 g/mol. The number of nitrogens with zero attached hydrogens (tertiary/aromatic N) is 1. The van der Waals surface area contributed by atoms with Gasteiger partial charge in [0.25, 0.3) is 5.91 Å². The summed E-state index contributed by atoms with van der Waals surface area (Å²) in [5, 5.41) is 3.08. The van der Waals surface area contributed by atoms with Gasteiger partial charge in [-0.2, -0.15) is 0 Å². The largest absolute Gasteiger partial charge is 0.376 e. The van der Waals surface area contributed by atoms with Gasteiger partial charge in [0.1, 0.15) is 0 Å². The summed E-state index contributed by atoms with van der Waals surface area (Å²) in [4.78, 5) is 38.8. The summed E-state index contributed by atoms with van der Waals surface area (Å²) < 4.78 is 0. The highest BCUT2D eigenvalue weighted by atomic mass is 16.2. The van der Waals surface area contributed by atoms with Gasteiger partial charge in [0, 0.05) is 31.1 Å². The predicted octanol–water partition coefficient (Wildman–Crippen LogP) is 2.73. The number of hydrazine groups is 1. The van der Waals surface area contributed by atoms with E-state index in [-0.39, 0.29) is 30.2 Å². The lowest BCUT2D eigenvalue weighted by Gasteiger charge is -2.31. The van der Waals surface area contributed by atoms with Crippen LogP contribution in [0.15, 0.2) is 48.5 Å². The number of carbonyl (C=O) groups excluding carboxylic acids is 3. The van der Waals surface area contributed by atoms with Crippen LogP contribution >= 0.6 is 0 Å². The first kappa shape index (κ1) is 23.3. The van der Waals surface area contributed by atoms with Crippen LogP contribution in [0.3, 0.4) is 0 Å². The van der Waals surface area contributed by atoms with Gasteiger partial charge in [-0.25, -0.2) is 0 Å². The van der Waals surface area contributed by atoms with E-state index in [9.17, 15) is 14.4 Å². The summed E-state index contributed by atoms with van der Waals surface area (Å²) in [6, 6.07) is 15.9. The van der Waals surface area contributed by atoms with E-state index in [1.165, 1.54) is 0 Å². The van der Waals surface area contributed by atoms with Crippen LogP contribution in [0.5, 0.6) is 0 Å². The zero-order chi connectivity index (χ0) is 22.9. The number of benzene rings is 2. The Morgan fingerprint density at radius 2 is 1.69 bits per heavy atom. The molecule has 7 heteroatoms. The van der Waals surface area contributed by atoms with Crippen LogP contribution < -0.4 is 16.2 Å². The molecule has 0 aliphatic carbocycles. The molecule has 1 aliphatic rings. The standard InChI is InChI=1S/C25H32N4O3/c1-18-8-10-22(19(2)16-18)26-17-23(30)27-28-25(32)21-12-14-29(15-13-21)24(31)11-9-20-6-4-3-5-7-20/h3-8,10,16,21,26H,9,11-15,17H2,1-2H3,(H,27,30)(H,28,32). The number of likely N-dealkylation sites (tertiary alicyclic amines) is 1. The molecule has 2 aromatic carbocycles. The first-order valence-corrected chi connectivity index (χ1v) is 11.1. The van der Waals surface area contributed by atoms with E-state index < -0.39 is 0 Å². The highest BCUT2D eigenvalue weighted by Gasteiger charge is 2.27. The maximum atomic E-state index is 12.5. The smallest absolute Gasteiger partial charge is 0.257 e. The summed E-state index contributed by atoms with van der Waals surface area (Å²) in [6.45, 7) is 5.19. The van der Waals surface area contributed by atoms with Gasteiger partial charge in [0.2, 0.25) is 11.8 Å². The zero-order valence-electron chi connectivity index (χ0n) is 18.8. The van der Waals surface area contributed by atoms with Gasteiger partial charge < -0.3 is 10.2 Å². The predicted molar refractivity (Wildman–Crippen MR) is 125 cm³/mol. The van der Waals surface area contributed by atoms with Gasteiger partial charge in [-0.05, 0) is 50.3 Å². The number of piperidine rings is 1. The molecule has 170 valence electrons. The Morgan fingerprint density at radius 1 is 0.969 bits per heavy atom. The van der Waals surface area contributed by atoms with Gasteiger partial charge in [-0.15, -0.1) is 0 Å². The van der Waals surface area contributed by atoms with E-state index in [1.807, 2.05) is 67.3 Å². The first-order chi connectivity index (χ1) is 15.4.